The van der Waals surface area contributed by atoms with Gasteiger partial charge in [0.05, 0.1) is 0 Å². The van der Waals surface area contributed by atoms with Gasteiger partial charge in [-0.3, -0.25) is 9.69 Å². The molecule has 1 fully saturated rings. The van der Waals surface area contributed by atoms with Crippen LogP contribution in [0.1, 0.15) is 49.4 Å². The number of carbonyl (C=O) groups excluding carboxylic acids is 1. The molecule has 2 rings (SSSR count). The van der Waals surface area contributed by atoms with Gasteiger partial charge in [-0.1, -0.05) is 24.9 Å². The highest BCUT2D eigenvalue weighted by Gasteiger charge is 2.28. The van der Waals surface area contributed by atoms with Crippen molar-refractivity contribution in [3.8, 4) is 0 Å². The number of nitrogens with zero attached hydrogens (tertiary/aromatic N) is 1. The number of hydrogen-bond acceptors (Lipinski definition) is 2. The Labute approximate surface area is 120 Å². The molecule has 1 saturated carbocycles. The lowest BCUT2D eigenvalue weighted by Crippen LogP contribution is -2.29. The number of carbonyl (C=O) groups is 1. The smallest absolute Gasteiger partial charge is 0.164 e. The van der Waals surface area contributed by atoms with E-state index in [0.717, 1.165) is 24.7 Å². The largest absolute Gasteiger partial charge is 0.300 e. The zero-order chi connectivity index (χ0) is 13.7. The lowest BCUT2D eigenvalue weighted by atomic mass is 10.1. The van der Waals surface area contributed by atoms with Crippen LogP contribution in [-0.4, -0.2) is 29.8 Å². The summed E-state index contributed by atoms with van der Waals surface area (Å²) in [5, 5.41) is 0.680. The average Bonchev–Trinajstić information content (AvgIpc) is 3.24. The summed E-state index contributed by atoms with van der Waals surface area (Å²) in [4.78, 5) is 14.6. The summed E-state index contributed by atoms with van der Waals surface area (Å²) >= 11 is 5.83. The minimum absolute atomic E-state index is 0.221. The van der Waals surface area contributed by atoms with Gasteiger partial charge in [0, 0.05) is 29.6 Å². The van der Waals surface area contributed by atoms with Crippen molar-refractivity contribution >= 4 is 17.4 Å². The molecule has 1 aliphatic carbocycles. The highest BCUT2D eigenvalue weighted by atomic mass is 35.5. The predicted molar refractivity (Wildman–Crippen MR) is 79.9 cm³/mol. The maximum atomic E-state index is 12.1. The average molecular weight is 280 g/mol. The predicted octanol–water partition coefficient (Wildman–Crippen LogP) is 4.18. The third-order valence-corrected chi connectivity index (χ3v) is 3.91. The third-order valence-electron chi connectivity index (χ3n) is 3.65. The maximum Gasteiger partial charge on any atom is 0.164 e. The highest BCUT2D eigenvalue weighted by Crippen LogP contribution is 2.27. The number of rotatable bonds is 8. The number of unbranched alkanes of at least 4 members (excludes halogenated alkanes) is 1. The Hall–Kier alpha value is -0.860. The van der Waals surface area contributed by atoms with Crippen LogP contribution in [0.25, 0.3) is 0 Å². The normalized spacial score (nSPS) is 14.9. The fourth-order valence-corrected chi connectivity index (χ4v) is 2.43. The summed E-state index contributed by atoms with van der Waals surface area (Å²) in [5.74, 6) is 0.221. The molecule has 0 bridgehead atoms. The van der Waals surface area contributed by atoms with Crippen LogP contribution >= 0.6 is 11.6 Å². The Morgan fingerprint density at radius 1 is 1.26 bits per heavy atom. The SMILES string of the molecule is CCCCN(CCC(=O)c1ccc(Cl)cc1)C1CC1. The summed E-state index contributed by atoms with van der Waals surface area (Å²) in [6, 6.07) is 7.94. The lowest BCUT2D eigenvalue weighted by Gasteiger charge is -2.21. The van der Waals surface area contributed by atoms with E-state index in [1.807, 2.05) is 12.1 Å². The van der Waals surface area contributed by atoms with Crippen molar-refractivity contribution in [3.05, 3.63) is 34.9 Å². The molecule has 0 amide bonds. The van der Waals surface area contributed by atoms with Crippen LogP contribution in [0.2, 0.25) is 5.02 Å². The van der Waals surface area contributed by atoms with Gasteiger partial charge < -0.3 is 0 Å². The maximum absolute atomic E-state index is 12.1. The van der Waals surface area contributed by atoms with E-state index >= 15 is 0 Å². The molecule has 1 aromatic rings. The third kappa shape index (κ3) is 4.63. The van der Waals surface area contributed by atoms with E-state index in [4.69, 9.17) is 11.6 Å². The quantitative estimate of drug-likeness (QED) is 0.666. The van der Waals surface area contributed by atoms with E-state index < -0.39 is 0 Å². The van der Waals surface area contributed by atoms with Gasteiger partial charge in [0.1, 0.15) is 0 Å². The van der Waals surface area contributed by atoms with Crippen LogP contribution in [0, 0.1) is 0 Å². The molecule has 0 N–H and O–H groups in total. The summed E-state index contributed by atoms with van der Waals surface area (Å²) < 4.78 is 0. The van der Waals surface area contributed by atoms with Gasteiger partial charge in [0.25, 0.3) is 0 Å². The van der Waals surface area contributed by atoms with E-state index in [-0.39, 0.29) is 5.78 Å². The van der Waals surface area contributed by atoms with E-state index in [0.29, 0.717) is 11.4 Å². The molecule has 3 heteroatoms. The molecule has 19 heavy (non-hydrogen) atoms. The van der Waals surface area contributed by atoms with Gasteiger partial charge in [-0.25, -0.2) is 0 Å². The Balaban J connectivity index is 1.82. The first-order valence-electron chi connectivity index (χ1n) is 7.23. The number of Topliss-reactive ketones (excluding diaryl/α,β-unsaturated/α-hetero) is 1. The van der Waals surface area contributed by atoms with E-state index in [9.17, 15) is 4.79 Å². The van der Waals surface area contributed by atoms with Gasteiger partial charge in [0.2, 0.25) is 0 Å². The molecule has 0 radical (unpaired) electrons. The van der Waals surface area contributed by atoms with Crippen molar-refractivity contribution in [2.45, 2.75) is 45.1 Å². The fourth-order valence-electron chi connectivity index (χ4n) is 2.30. The molecule has 2 nitrogen and oxygen atoms in total. The van der Waals surface area contributed by atoms with E-state index in [2.05, 4.69) is 11.8 Å². The number of halogens is 1. The van der Waals surface area contributed by atoms with Crippen molar-refractivity contribution in [2.24, 2.45) is 0 Å². The summed E-state index contributed by atoms with van der Waals surface area (Å²) in [5.41, 5.74) is 0.774. The van der Waals surface area contributed by atoms with E-state index in [1.54, 1.807) is 12.1 Å². The number of benzene rings is 1. The van der Waals surface area contributed by atoms with Gasteiger partial charge in [0.15, 0.2) is 5.78 Å². The first-order chi connectivity index (χ1) is 9.20. The number of hydrogen-bond donors (Lipinski definition) is 0. The molecule has 0 spiro atoms. The molecule has 0 aliphatic heterocycles. The second kappa shape index (κ2) is 7.06. The molecule has 0 heterocycles. The van der Waals surface area contributed by atoms with Gasteiger partial charge in [-0.05, 0) is 50.1 Å². The molecule has 104 valence electrons. The van der Waals surface area contributed by atoms with Crippen LogP contribution in [0.15, 0.2) is 24.3 Å². The molecule has 0 aromatic heterocycles. The van der Waals surface area contributed by atoms with E-state index in [1.165, 1.54) is 25.7 Å². The monoisotopic (exact) mass is 279 g/mol. The molecular weight excluding hydrogens is 258 g/mol. The topological polar surface area (TPSA) is 20.3 Å². The lowest BCUT2D eigenvalue weighted by molar-refractivity contribution is 0.0962. The first-order valence-corrected chi connectivity index (χ1v) is 7.61. The molecule has 1 aromatic carbocycles. The highest BCUT2D eigenvalue weighted by molar-refractivity contribution is 6.30. The minimum atomic E-state index is 0.221. The Morgan fingerprint density at radius 3 is 2.53 bits per heavy atom. The Morgan fingerprint density at radius 2 is 1.95 bits per heavy atom. The second-order valence-electron chi connectivity index (χ2n) is 5.30. The first kappa shape index (κ1) is 14.5. The molecule has 0 atom stereocenters. The van der Waals surface area contributed by atoms with Crippen LogP contribution in [0.3, 0.4) is 0 Å². The molecular formula is C16H22ClNO. The van der Waals surface area contributed by atoms with Crippen LogP contribution < -0.4 is 0 Å². The molecule has 0 saturated heterocycles. The molecule has 0 unspecified atom stereocenters. The standard InChI is InChI=1S/C16H22ClNO/c1-2-3-11-18(15-8-9-15)12-10-16(19)13-4-6-14(17)7-5-13/h4-7,15H,2-3,8-12H2,1H3. The second-order valence-corrected chi connectivity index (χ2v) is 5.74. The minimum Gasteiger partial charge on any atom is -0.300 e. The zero-order valence-corrected chi connectivity index (χ0v) is 12.3. The Bertz CT molecular complexity index is 411. The summed E-state index contributed by atoms with van der Waals surface area (Å²) in [6.45, 7) is 4.24. The van der Waals surface area contributed by atoms with Gasteiger partial charge >= 0.3 is 0 Å². The fraction of sp³-hybridized carbons (Fsp3) is 0.562. The van der Waals surface area contributed by atoms with Crippen molar-refractivity contribution in [2.75, 3.05) is 13.1 Å². The van der Waals surface area contributed by atoms with Crippen LogP contribution in [-0.2, 0) is 0 Å². The van der Waals surface area contributed by atoms with Crippen molar-refractivity contribution < 1.29 is 4.79 Å². The van der Waals surface area contributed by atoms with Crippen LogP contribution in [0.5, 0.6) is 0 Å². The van der Waals surface area contributed by atoms with Crippen LogP contribution in [0.4, 0.5) is 0 Å². The van der Waals surface area contributed by atoms with Gasteiger partial charge in [-0.15, -0.1) is 0 Å². The number of ketones is 1. The molecule has 1 aliphatic rings. The Kier molecular flexibility index (Phi) is 5.41. The van der Waals surface area contributed by atoms with Crippen molar-refractivity contribution in [1.29, 1.82) is 0 Å². The van der Waals surface area contributed by atoms with Crippen molar-refractivity contribution in [1.82, 2.24) is 4.90 Å². The summed E-state index contributed by atoms with van der Waals surface area (Å²) in [6.07, 6.45) is 5.67. The zero-order valence-electron chi connectivity index (χ0n) is 11.6. The summed E-state index contributed by atoms with van der Waals surface area (Å²) in [7, 11) is 0. The van der Waals surface area contributed by atoms with Gasteiger partial charge in [-0.2, -0.15) is 0 Å². The van der Waals surface area contributed by atoms with Crippen molar-refractivity contribution in [3.63, 3.8) is 0 Å².